The standard InChI is InChI=1S/C24H27ClN2O3/c1-3-29-22-13-18(14-26-17(2)24(28)20-7-5-4-6-8-20)9-11-21(22)30-16-19-10-12-23(25)27-15-19/h4-13,15,17,24,26,28H,3,14,16H2,1-2H3. The lowest BCUT2D eigenvalue weighted by Crippen LogP contribution is -2.31. The molecule has 5 nitrogen and oxygen atoms in total. The Morgan fingerprint density at radius 1 is 1.00 bits per heavy atom. The highest BCUT2D eigenvalue weighted by Gasteiger charge is 2.16. The molecule has 6 heteroatoms. The van der Waals surface area contributed by atoms with Gasteiger partial charge in [0.1, 0.15) is 11.8 Å². The van der Waals surface area contributed by atoms with Crippen LogP contribution >= 0.6 is 11.6 Å². The summed E-state index contributed by atoms with van der Waals surface area (Å²) in [5.41, 5.74) is 2.87. The van der Waals surface area contributed by atoms with E-state index in [1.54, 1.807) is 12.3 Å². The van der Waals surface area contributed by atoms with Crippen molar-refractivity contribution in [2.75, 3.05) is 6.61 Å². The summed E-state index contributed by atoms with van der Waals surface area (Å²) < 4.78 is 11.7. The zero-order chi connectivity index (χ0) is 21.3. The monoisotopic (exact) mass is 426 g/mol. The van der Waals surface area contributed by atoms with E-state index >= 15 is 0 Å². The molecule has 0 saturated heterocycles. The summed E-state index contributed by atoms with van der Waals surface area (Å²) in [5, 5.41) is 14.4. The van der Waals surface area contributed by atoms with Crippen molar-refractivity contribution < 1.29 is 14.6 Å². The minimum atomic E-state index is -0.576. The molecule has 0 radical (unpaired) electrons. The van der Waals surface area contributed by atoms with Gasteiger partial charge in [-0.1, -0.05) is 54.1 Å². The molecule has 0 bridgehead atoms. The number of aliphatic hydroxyl groups is 1. The topological polar surface area (TPSA) is 63.6 Å². The van der Waals surface area contributed by atoms with Crippen LogP contribution in [-0.4, -0.2) is 22.7 Å². The average molecular weight is 427 g/mol. The number of aliphatic hydroxyl groups excluding tert-OH is 1. The van der Waals surface area contributed by atoms with Crippen LogP contribution < -0.4 is 14.8 Å². The van der Waals surface area contributed by atoms with E-state index in [0.717, 1.165) is 16.7 Å². The fraction of sp³-hybridized carbons (Fsp3) is 0.292. The lowest BCUT2D eigenvalue weighted by atomic mass is 10.0. The fourth-order valence-electron chi connectivity index (χ4n) is 3.03. The highest BCUT2D eigenvalue weighted by molar-refractivity contribution is 6.29. The van der Waals surface area contributed by atoms with E-state index < -0.39 is 6.10 Å². The van der Waals surface area contributed by atoms with Gasteiger partial charge in [-0.15, -0.1) is 0 Å². The smallest absolute Gasteiger partial charge is 0.161 e. The summed E-state index contributed by atoms with van der Waals surface area (Å²) in [6.07, 6.45) is 1.12. The van der Waals surface area contributed by atoms with Gasteiger partial charge in [0.05, 0.1) is 12.7 Å². The van der Waals surface area contributed by atoms with Crippen molar-refractivity contribution in [3.8, 4) is 11.5 Å². The number of rotatable bonds is 10. The fourth-order valence-corrected chi connectivity index (χ4v) is 3.14. The zero-order valence-electron chi connectivity index (χ0n) is 17.2. The van der Waals surface area contributed by atoms with Gasteiger partial charge in [0.15, 0.2) is 11.5 Å². The molecule has 2 aromatic carbocycles. The number of aromatic nitrogens is 1. The second kappa shape index (κ2) is 11.0. The molecular weight excluding hydrogens is 400 g/mol. The van der Waals surface area contributed by atoms with Crippen LogP contribution in [0.1, 0.15) is 36.6 Å². The van der Waals surface area contributed by atoms with Gasteiger partial charge < -0.3 is 19.9 Å². The van der Waals surface area contributed by atoms with E-state index in [-0.39, 0.29) is 6.04 Å². The third-order valence-electron chi connectivity index (χ3n) is 4.73. The number of nitrogens with one attached hydrogen (secondary N) is 1. The van der Waals surface area contributed by atoms with Gasteiger partial charge in [-0.05, 0) is 43.2 Å². The lowest BCUT2D eigenvalue weighted by molar-refractivity contribution is 0.135. The number of nitrogens with zero attached hydrogens (tertiary/aromatic N) is 1. The molecule has 2 N–H and O–H groups in total. The van der Waals surface area contributed by atoms with Crippen molar-refractivity contribution in [3.05, 3.63) is 88.7 Å². The van der Waals surface area contributed by atoms with Gasteiger partial charge in [-0.2, -0.15) is 0 Å². The van der Waals surface area contributed by atoms with Gasteiger partial charge in [-0.25, -0.2) is 4.98 Å². The summed E-state index contributed by atoms with van der Waals surface area (Å²) >= 11 is 5.83. The summed E-state index contributed by atoms with van der Waals surface area (Å²) in [5.74, 6) is 1.36. The third kappa shape index (κ3) is 6.20. The Labute approximate surface area is 182 Å². The number of hydrogen-bond donors (Lipinski definition) is 2. The van der Waals surface area contributed by atoms with Crippen molar-refractivity contribution in [1.82, 2.24) is 10.3 Å². The zero-order valence-corrected chi connectivity index (χ0v) is 18.0. The molecule has 0 fully saturated rings. The van der Waals surface area contributed by atoms with Crippen LogP contribution in [0.5, 0.6) is 11.5 Å². The third-order valence-corrected chi connectivity index (χ3v) is 4.96. The molecule has 1 aromatic heterocycles. The first-order chi connectivity index (χ1) is 14.6. The molecule has 0 aliphatic rings. The molecule has 0 saturated carbocycles. The quantitative estimate of drug-likeness (QED) is 0.450. The normalized spacial score (nSPS) is 12.9. The Hall–Kier alpha value is -2.60. The Morgan fingerprint density at radius 3 is 2.47 bits per heavy atom. The van der Waals surface area contributed by atoms with Gasteiger partial charge in [0, 0.05) is 24.3 Å². The van der Waals surface area contributed by atoms with Gasteiger partial charge >= 0.3 is 0 Å². The Bertz CT molecular complexity index is 919. The van der Waals surface area contributed by atoms with Crippen molar-refractivity contribution in [1.29, 1.82) is 0 Å². The van der Waals surface area contributed by atoms with E-state index in [2.05, 4.69) is 10.3 Å². The number of hydrogen-bond acceptors (Lipinski definition) is 5. The van der Waals surface area contributed by atoms with Crippen molar-refractivity contribution in [3.63, 3.8) is 0 Å². The second-order valence-corrected chi connectivity index (χ2v) is 7.40. The van der Waals surface area contributed by atoms with Crippen LogP contribution in [0.3, 0.4) is 0 Å². The molecule has 0 aliphatic heterocycles. The Kier molecular flexibility index (Phi) is 8.08. The first-order valence-electron chi connectivity index (χ1n) is 10.0. The predicted octanol–water partition coefficient (Wildman–Crippen LogP) is 4.92. The number of benzene rings is 2. The first kappa shape index (κ1) is 22.1. The molecule has 2 atom stereocenters. The Balaban J connectivity index is 1.61. The van der Waals surface area contributed by atoms with Gasteiger partial charge in [0.2, 0.25) is 0 Å². The van der Waals surface area contributed by atoms with Crippen LogP contribution in [0.25, 0.3) is 0 Å². The molecule has 158 valence electrons. The van der Waals surface area contributed by atoms with Crippen LogP contribution in [0.15, 0.2) is 66.9 Å². The lowest BCUT2D eigenvalue weighted by Gasteiger charge is -2.21. The predicted molar refractivity (Wildman–Crippen MR) is 119 cm³/mol. The van der Waals surface area contributed by atoms with Crippen LogP contribution in [0.4, 0.5) is 0 Å². The molecule has 0 spiro atoms. The highest BCUT2D eigenvalue weighted by Crippen LogP contribution is 2.29. The number of pyridine rings is 1. The van der Waals surface area contributed by atoms with Gasteiger partial charge in [-0.3, -0.25) is 0 Å². The molecule has 2 unspecified atom stereocenters. The van der Waals surface area contributed by atoms with Crippen LogP contribution in [0, 0.1) is 0 Å². The van der Waals surface area contributed by atoms with E-state index in [9.17, 15) is 5.11 Å². The van der Waals surface area contributed by atoms with E-state index in [4.69, 9.17) is 21.1 Å². The maximum absolute atomic E-state index is 10.5. The summed E-state index contributed by atoms with van der Waals surface area (Å²) in [4.78, 5) is 4.07. The molecule has 0 aliphatic carbocycles. The van der Waals surface area contributed by atoms with Gasteiger partial charge in [0.25, 0.3) is 0 Å². The maximum atomic E-state index is 10.5. The summed E-state index contributed by atoms with van der Waals surface area (Å²) in [7, 11) is 0. The molecule has 1 heterocycles. The Morgan fingerprint density at radius 2 is 1.77 bits per heavy atom. The van der Waals surface area contributed by atoms with Crippen molar-refractivity contribution in [2.45, 2.75) is 39.1 Å². The molecular formula is C24H27ClN2O3. The highest BCUT2D eigenvalue weighted by atomic mass is 35.5. The van der Waals surface area contributed by atoms with Crippen molar-refractivity contribution >= 4 is 11.6 Å². The summed E-state index contributed by atoms with van der Waals surface area (Å²) in [6.45, 7) is 5.43. The SMILES string of the molecule is CCOc1cc(CNC(C)C(O)c2ccccc2)ccc1OCc1ccc(Cl)nc1. The van der Waals surface area contributed by atoms with Crippen molar-refractivity contribution in [2.24, 2.45) is 0 Å². The minimum Gasteiger partial charge on any atom is -0.490 e. The maximum Gasteiger partial charge on any atom is 0.161 e. The molecule has 3 aromatic rings. The van der Waals surface area contributed by atoms with Crippen LogP contribution in [-0.2, 0) is 13.2 Å². The van der Waals surface area contributed by atoms with E-state index in [1.807, 2.05) is 68.4 Å². The number of ether oxygens (including phenoxy) is 2. The average Bonchev–Trinajstić information content (AvgIpc) is 2.78. The summed E-state index contributed by atoms with van der Waals surface area (Å²) in [6, 6.07) is 19.0. The minimum absolute atomic E-state index is 0.101. The van der Waals surface area contributed by atoms with E-state index in [1.165, 1.54) is 0 Å². The number of halogens is 1. The van der Waals surface area contributed by atoms with E-state index in [0.29, 0.717) is 36.4 Å². The molecule has 30 heavy (non-hydrogen) atoms. The molecule has 3 rings (SSSR count). The van der Waals surface area contributed by atoms with Crippen LogP contribution in [0.2, 0.25) is 5.15 Å². The molecule has 0 amide bonds. The second-order valence-electron chi connectivity index (χ2n) is 7.02. The first-order valence-corrected chi connectivity index (χ1v) is 10.4. The largest absolute Gasteiger partial charge is 0.490 e.